The van der Waals surface area contributed by atoms with Crippen molar-refractivity contribution in [2.24, 2.45) is 5.92 Å². The molecule has 1 saturated heterocycles. The number of halogens is 1. The van der Waals surface area contributed by atoms with Crippen LogP contribution in [0.2, 0.25) is 0 Å². The minimum atomic E-state index is -0.679. The van der Waals surface area contributed by atoms with E-state index in [0.717, 1.165) is 23.3 Å². The summed E-state index contributed by atoms with van der Waals surface area (Å²) in [5.41, 5.74) is 2.37. The number of aliphatic carboxylic acids is 1. The van der Waals surface area contributed by atoms with Gasteiger partial charge in [-0.1, -0.05) is 40.2 Å². The van der Waals surface area contributed by atoms with Crippen LogP contribution in [0.5, 0.6) is 5.75 Å². The first-order valence-electron chi connectivity index (χ1n) is 9.03. The molecule has 26 heavy (non-hydrogen) atoms. The average Bonchev–Trinajstić information content (AvgIpc) is 2.63. The largest absolute Gasteiger partial charge is 0.494 e. The molecule has 2 aromatic rings. The summed E-state index contributed by atoms with van der Waals surface area (Å²) in [5.74, 6) is -0.0448. The zero-order valence-corrected chi connectivity index (χ0v) is 16.5. The Morgan fingerprint density at radius 3 is 2.46 bits per heavy atom. The fourth-order valence-electron chi connectivity index (χ4n) is 3.64. The van der Waals surface area contributed by atoms with Crippen molar-refractivity contribution in [3.63, 3.8) is 0 Å². The van der Waals surface area contributed by atoms with Crippen LogP contribution in [-0.2, 0) is 4.79 Å². The number of carboxylic acids is 1. The molecule has 1 aliphatic heterocycles. The van der Waals surface area contributed by atoms with Crippen molar-refractivity contribution in [2.45, 2.75) is 25.8 Å². The molecule has 1 fully saturated rings. The minimum Gasteiger partial charge on any atom is -0.494 e. The molecule has 1 heterocycles. The SMILES string of the molecule is CCOc1cccc(C(c2cccc(Br)c2)N2CCC(C(=O)O)CC2)c1. The molecule has 0 amide bonds. The second-order valence-corrected chi connectivity index (χ2v) is 7.53. The Morgan fingerprint density at radius 2 is 1.85 bits per heavy atom. The zero-order valence-electron chi connectivity index (χ0n) is 14.9. The van der Waals surface area contributed by atoms with Gasteiger partial charge in [0.2, 0.25) is 0 Å². The Balaban J connectivity index is 1.93. The number of carbonyl (C=O) groups is 1. The van der Waals surface area contributed by atoms with Gasteiger partial charge in [0.15, 0.2) is 0 Å². The molecule has 2 aromatic carbocycles. The van der Waals surface area contributed by atoms with E-state index in [2.05, 4.69) is 45.1 Å². The molecule has 1 N–H and O–H groups in total. The van der Waals surface area contributed by atoms with E-state index < -0.39 is 5.97 Å². The van der Waals surface area contributed by atoms with Gasteiger partial charge in [0.05, 0.1) is 18.6 Å². The van der Waals surface area contributed by atoms with Crippen molar-refractivity contribution in [2.75, 3.05) is 19.7 Å². The van der Waals surface area contributed by atoms with Gasteiger partial charge in [0.25, 0.3) is 0 Å². The summed E-state index contributed by atoms with van der Waals surface area (Å²) in [6.07, 6.45) is 1.37. The lowest BCUT2D eigenvalue weighted by Crippen LogP contribution is -2.39. The number of hydrogen-bond donors (Lipinski definition) is 1. The van der Waals surface area contributed by atoms with Gasteiger partial charge < -0.3 is 9.84 Å². The fraction of sp³-hybridized carbons (Fsp3) is 0.381. The number of rotatable bonds is 6. The molecule has 3 rings (SSSR count). The Hall–Kier alpha value is -1.85. The van der Waals surface area contributed by atoms with Gasteiger partial charge in [-0.15, -0.1) is 0 Å². The fourth-order valence-corrected chi connectivity index (χ4v) is 4.05. The highest BCUT2D eigenvalue weighted by Gasteiger charge is 2.30. The van der Waals surface area contributed by atoms with Gasteiger partial charge >= 0.3 is 5.97 Å². The van der Waals surface area contributed by atoms with Crippen LogP contribution in [0.15, 0.2) is 53.0 Å². The van der Waals surface area contributed by atoms with Gasteiger partial charge in [-0.3, -0.25) is 9.69 Å². The molecule has 0 radical (unpaired) electrons. The predicted molar refractivity (Wildman–Crippen MR) is 106 cm³/mol. The number of carboxylic acid groups (broad SMARTS) is 1. The molecular formula is C21H24BrNO3. The molecule has 0 bridgehead atoms. The predicted octanol–water partition coefficient (Wildman–Crippen LogP) is 4.73. The Morgan fingerprint density at radius 1 is 1.19 bits per heavy atom. The van der Waals surface area contributed by atoms with E-state index in [1.54, 1.807) is 0 Å². The maximum atomic E-state index is 11.3. The third kappa shape index (κ3) is 4.46. The van der Waals surface area contributed by atoms with Crippen molar-refractivity contribution in [1.29, 1.82) is 0 Å². The number of nitrogens with zero attached hydrogens (tertiary/aromatic N) is 1. The van der Waals surface area contributed by atoms with Crippen LogP contribution in [0, 0.1) is 5.92 Å². The molecule has 138 valence electrons. The Labute approximate surface area is 162 Å². The lowest BCUT2D eigenvalue weighted by Gasteiger charge is -2.37. The van der Waals surface area contributed by atoms with Crippen LogP contribution < -0.4 is 4.74 Å². The van der Waals surface area contributed by atoms with Crippen LogP contribution in [0.25, 0.3) is 0 Å². The van der Waals surface area contributed by atoms with Crippen molar-refractivity contribution in [3.05, 3.63) is 64.1 Å². The summed E-state index contributed by atoms with van der Waals surface area (Å²) in [4.78, 5) is 13.7. The number of piperidine rings is 1. The first kappa shape index (κ1) is 18.9. The van der Waals surface area contributed by atoms with E-state index in [9.17, 15) is 9.90 Å². The Bertz CT molecular complexity index is 756. The van der Waals surface area contributed by atoms with Crippen LogP contribution in [0.1, 0.15) is 36.9 Å². The third-order valence-corrected chi connectivity index (χ3v) is 5.39. The van der Waals surface area contributed by atoms with Crippen molar-refractivity contribution in [1.82, 2.24) is 4.90 Å². The number of benzene rings is 2. The van der Waals surface area contributed by atoms with Crippen molar-refractivity contribution >= 4 is 21.9 Å². The highest BCUT2D eigenvalue weighted by atomic mass is 79.9. The quantitative estimate of drug-likeness (QED) is 0.737. The van der Waals surface area contributed by atoms with Crippen LogP contribution >= 0.6 is 15.9 Å². The number of ether oxygens (including phenoxy) is 1. The second-order valence-electron chi connectivity index (χ2n) is 6.61. The molecule has 0 aliphatic carbocycles. The second kappa shape index (κ2) is 8.69. The Kier molecular flexibility index (Phi) is 6.33. The van der Waals surface area contributed by atoms with Gasteiger partial charge in [-0.05, 0) is 68.2 Å². The molecule has 0 aromatic heterocycles. The topological polar surface area (TPSA) is 49.8 Å². The molecule has 0 saturated carbocycles. The zero-order chi connectivity index (χ0) is 18.5. The normalized spacial score (nSPS) is 17.0. The molecular weight excluding hydrogens is 394 g/mol. The van der Waals surface area contributed by atoms with E-state index in [4.69, 9.17) is 4.74 Å². The van der Waals surface area contributed by atoms with E-state index in [1.165, 1.54) is 11.1 Å². The maximum Gasteiger partial charge on any atom is 0.306 e. The number of likely N-dealkylation sites (tertiary alicyclic amines) is 1. The van der Waals surface area contributed by atoms with E-state index in [0.29, 0.717) is 19.4 Å². The third-order valence-electron chi connectivity index (χ3n) is 4.89. The molecule has 1 atom stereocenters. The van der Waals surface area contributed by atoms with Gasteiger partial charge in [0, 0.05) is 4.47 Å². The first-order valence-corrected chi connectivity index (χ1v) is 9.83. The lowest BCUT2D eigenvalue weighted by molar-refractivity contribution is -0.143. The molecule has 1 aliphatic rings. The van der Waals surface area contributed by atoms with E-state index in [1.807, 2.05) is 31.2 Å². The van der Waals surface area contributed by atoms with Gasteiger partial charge in [-0.2, -0.15) is 0 Å². The summed E-state index contributed by atoms with van der Waals surface area (Å²) in [6.45, 7) is 4.16. The summed E-state index contributed by atoms with van der Waals surface area (Å²) in [6, 6.07) is 16.6. The van der Waals surface area contributed by atoms with Crippen LogP contribution in [0.3, 0.4) is 0 Å². The van der Waals surface area contributed by atoms with Crippen molar-refractivity contribution < 1.29 is 14.6 Å². The molecule has 1 unspecified atom stereocenters. The lowest BCUT2D eigenvalue weighted by atomic mass is 9.91. The summed E-state index contributed by atoms with van der Waals surface area (Å²) >= 11 is 3.57. The molecule has 0 spiro atoms. The van der Waals surface area contributed by atoms with Crippen molar-refractivity contribution in [3.8, 4) is 5.75 Å². The molecule has 5 heteroatoms. The summed E-state index contributed by atoms with van der Waals surface area (Å²) in [7, 11) is 0. The number of hydrogen-bond acceptors (Lipinski definition) is 3. The van der Waals surface area contributed by atoms with Crippen LogP contribution in [-0.4, -0.2) is 35.7 Å². The van der Waals surface area contributed by atoms with Crippen LogP contribution in [0.4, 0.5) is 0 Å². The van der Waals surface area contributed by atoms with E-state index in [-0.39, 0.29) is 12.0 Å². The van der Waals surface area contributed by atoms with Gasteiger partial charge in [0.1, 0.15) is 5.75 Å². The standard InChI is InChI=1S/C21H24BrNO3/c1-2-26-19-8-4-6-17(14-19)20(16-5-3-7-18(22)13-16)23-11-9-15(10-12-23)21(24)25/h3-8,13-15,20H,2,9-12H2,1H3,(H,24,25). The minimum absolute atomic E-state index is 0.0858. The first-order chi connectivity index (χ1) is 12.6. The highest BCUT2D eigenvalue weighted by Crippen LogP contribution is 2.34. The monoisotopic (exact) mass is 417 g/mol. The smallest absolute Gasteiger partial charge is 0.306 e. The summed E-state index contributed by atoms with van der Waals surface area (Å²) in [5, 5.41) is 9.29. The summed E-state index contributed by atoms with van der Waals surface area (Å²) < 4.78 is 6.73. The molecule has 4 nitrogen and oxygen atoms in total. The average molecular weight is 418 g/mol. The van der Waals surface area contributed by atoms with E-state index >= 15 is 0 Å². The maximum absolute atomic E-state index is 11.3. The van der Waals surface area contributed by atoms with Gasteiger partial charge in [-0.25, -0.2) is 0 Å². The highest BCUT2D eigenvalue weighted by molar-refractivity contribution is 9.10.